The highest BCUT2D eigenvalue weighted by Gasteiger charge is 2.45. The summed E-state index contributed by atoms with van der Waals surface area (Å²) in [7, 11) is 0. The van der Waals surface area contributed by atoms with Crippen molar-refractivity contribution in [3.63, 3.8) is 0 Å². The third-order valence-electron chi connectivity index (χ3n) is 7.12. The van der Waals surface area contributed by atoms with E-state index >= 15 is 0 Å². The molecule has 0 bridgehead atoms. The Balaban J connectivity index is 1.18. The first kappa shape index (κ1) is 22.8. The number of hydrogen-bond acceptors (Lipinski definition) is 6. The molecule has 1 saturated carbocycles. The molecule has 4 heterocycles. The second-order valence-electron chi connectivity index (χ2n) is 9.65. The predicted octanol–water partition coefficient (Wildman–Crippen LogP) is 4.08. The van der Waals surface area contributed by atoms with Crippen LogP contribution in [0.2, 0.25) is 0 Å². The summed E-state index contributed by atoms with van der Waals surface area (Å²) in [6.07, 6.45) is 2.86. The van der Waals surface area contributed by atoms with Crippen LogP contribution < -0.4 is 0 Å². The van der Waals surface area contributed by atoms with Crippen LogP contribution in [0.5, 0.6) is 0 Å². The van der Waals surface area contributed by atoms with Crippen LogP contribution in [0.4, 0.5) is 13.2 Å². The molecule has 1 unspecified atom stereocenters. The van der Waals surface area contributed by atoms with Crippen molar-refractivity contribution in [1.29, 1.82) is 5.26 Å². The molecule has 178 valence electrons. The van der Waals surface area contributed by atoms with E-state index in [-0.39, 0.29) is 5.41 Å². The Morgan fingerprint density at radius 2 is 2.03 bits per heavy atom. The fourth-order valence-corrected chi connectivity index (χ4v) is 6.37. The summed E-state index contributed by atoms with van der Waals surface area (Å²) in [5, 5.41) is 23.9. The first-order chi connectivity index (χ1) is 15.7. The van der Waals surface area contributed by atoms with Crippen LogP contribution >= 0.6 is 11.3 Å². The number of aliphatic hydroxyl groups excluding tert-OH is 1. The van der Waals surface area contributed by atoms with Crippen LogP contribution in [0.1, 0.15) is 53.0 Å². The number of alkyl halides is 3. The lowest BCUT2D eigenvalue weighted by Crippen LogP contribution is -2.45. The fourth-order valence-electron chi connectivity index (χ4n) is 5.10. The molecule has 1 saturated heterocycles. The van der Waals surface area contributed by atoms with Crippen molar-refractivity contribution in [3.05, 3.63) is 39.3 Å². The highest BCUT2D eigenvalue weighted by molar-refractivity contribution is 7.12. The number of likely N-dealkylation sites (tertiary alicyclic amines) is 1. The van der Waals surface area contributed by atoms with E-state index in [1.165, 1.54) is 6.07 Å². The molecular formula is C23H27F3N4O2S. The number of fused-ring (bicyclic) bond motifs is 2. The van der Waals surface area contributed by atoms with Gasteiger partial charge in [0.25, 0.3) is 0 Å². The Morgan fingerprint density at radius 1 is 1.27 bits per heavy atom. The molecule has 3 aliphatic rings. The third kappa shape index (κ3) is 4.69. The van der Waals surface area contributed by atoms with Gasteiger partial charge in [0, 0.05) is 36.3 Å². The standard InChI is InChI=1S/C23H27F3N4O2S/c24-23(25,26)19-9-17-1-8-32-22(20(17)33-19)4-6-29(7-5-22)12-16-11-28-30(13-16)14-18(31)10-21(15-27)2-3-21/h9,11,13,18,31H,1-8,10,12,14H2. The van der Waals surface area contributed by atoms with Crippen molar-refractivity contribution in [2.75, 3.05) is 19.7 Å². The van der Waals surface area contributed by atoms with E-state index in [1.54, 1.807) is 10.9 Å². The maximum Gasteiger partial charge on any atom is 0.425 e. The van der Waals surface area contributed by atoms with E-state index in [1.807, 2.05) is 6.20 Å². The summed E-state index contributed by atoms with van der Waals surface area (Å²) < 4.78 is 47.6. The number of ether oxygens (including phenoxy) is 1. The lowest BCUT2D eigenvalue weighted by atomic mass is 9.85. The fraction of sp³-hybridized carbons (Fsp3) is 0.652. The predicted molar refractivity (Wildman–Crippen MR) is 115 cm³/mol. The second-order valence-corrected chi connectivity index (χ2v) is 10.7. The molecule has 1 spiro atoms. The summed E-state index contributed by atoms with van der Waals surface area (Å²) in [6.45, 7) is 2.99. The Bertz CT molecular complexity index is 1050. The van der Waals surface area contributed by atoms with Crippen LogP contribution in [0.25, 0.3) is 0 Å². The number of hydrogen-bond donors (Lipinski definition) is 1. The summed E-state index contributed by atoms with van der Waals surface area (Å²) >= 11 is 0.846. The molecule has 1 aliphatic carbocycles. The summed E-state index contributed by atoms with van der Waals surface area (Å²) in [4.78, 5) is 2.50. The summed E-state index contributed by atoms with van der Waals surface area (Å²) in [5.74, 6) is 0. The van der Waals surface area contributed by atoms with Gasteiger partial charge in [-0.15, -0.1) is 11.3 Å². The highest BCUT2D eigenvalue weighted by Crippen LogP contribution is 2.49. The minimum absolute atomic E-state index is 0.344. The van der Waals surface area contributed by atoms with Crippen molar-refractivity contribution >= 4 is 11.3 Å². The number of nitriles is 1. The van der Waals surface area contributed by atoms with Crippen LogP contribution in [-0.2, 0) is 36.0 Å². The quantitative estimate of drug-likeness (QED) is 0.675. The topological polar surface area (TPSA) is 74.3 Å². The summed E-state index contributed by atoms with van der Waals surface area (Å²) in [5.41, 5.74) is 0.868. The Labute approximate surface area is 194 Å². The van der Waals surface area contributed by atoms with Gasteiger partial charge in [-0.2, -0.15) is 23.5 Å². The van der Waals surface area contributed by atoms with Gasteiger partial charge in [0.15, 0.2) is 0 Å². The molecule has 0 amide bonds. The maximum absolute atomic E-state index is 13.2. The van der Waals surface area contributed by atoms with Crippen molar-refractivity contribution in [3.8, 4) is 6.07 Å². The smallest absolute Gasteiger partial charge is 0.391 e. The lowest BCUT2D eigenvalue weighted by Gasteiger charge is -2.43. The van der Waals surface area contributed by atoms with E-state index in [0.29, 0.717) is 45.4 Å². The molecule has 0 aromatic carbocycles. The van der Waals surface area contributed by atoms with Crippen molar-refractivity contribution < 1.29 is 23.0 Å². The molecule has 1 atom stereocenters. The Kier molecular flexibility index (Phi) is 5.80. The average Bonchev–Trinajstić information content (AvgIpc) is 3.17. The van der Waals surface area contributed by atoms with Crippen molar-refractivity contribution in [2.45, 2.75) is 69.5 Å². The maximum atomic E-state index is 13.2. The van der Waals surface area contributed by atoms with Gasteiger partial charge < -0.3 is 9.84 Å². The number of aliphatic hydroxyl groups is 1. The molecule has 2 aromatic heterocycles. The molecule has 6 nitrogen and oxygen atoms in total. The first-order valence-corrected chi connectivity index (χ1v) is 12.2. The van der Waals surface area contributed by atoms with Gasteiger partial charge in [0.1, 0.15) is 10.5 Å². The van der Waals surface area contributed by atoms with Gasteiger partial charge in [-0.05, 0) is 50.2 Å². The molecule has 5 rings (SSSR count). The van der Waals surface area contributed by atoms with Gasteiger partial charge in [0.2, 0.25) is 0 Å². The normalized spacial score (nSPS) is 22.6. The van der Waals surface area contributed by atoms with Gasteiger partial charge in [0.05, 0.1) is 36.9 Å². The number of nitrogens with zero attached hydrogens (tertiary/aromatic N) is 4. The zero-order valence-corrected chi connectivity index (χ0v) is 19.1. The Morgan fingerprint density at radius 3 is 2.70 bits per heavy atom. The zero-order chi connectivity index (χ0) is 23.3. The number of piperidine rings is 1. The number of rotatable bonds is 6. The van der Waals surface area contributed by atoms with Crippen LogP contribution in [0.15, 0.2) is 18.5 Å². The van der Waals surface area contributed by atoms with E-state index < -0.39 is 22.8 Å². The van der Waals surface area contributed by atoms with Crippen LogP contribution in [0, 0.1) is 16.7 Å². The van der Waals surface area contributed by atoms with Crippen molar-refractivity contribution in [1.82, 2.24) is 14.7 Å². The summed E-state index contributed by atoms with van der Waals surface area (Å²) in [6, 6.07) is 3.61. The van der Waals surface area contributed by atoms with Crippen LogP contribution in [0.3, 0.4) is 0 Å². The molecular weight excluding hydrogens is 453 g/mol. The second kappa shape index (κ2) is 8.38. The number of halogens is 3. The number of aromatic nitrogens is 2. The zero-order valence-electron chi connectivity index (χ0n) is 18.3. The largest absolute Gasteiger partial charge is 0.425 e. The third-order valence-corrected chi connectivity index (χ3v) is 8.53. The minimum atomic E-state index is -4.31. The van der Waals surface area contributed by atoms with E-state index in [0.717, 1.165) is 53.3 Å². The van der Waals surface area contributed by atoms with Gasteiger partial charge >= 0.3 is 6.18 Å². The average molecular weight is 481 g/mol. The van der Waals surface area contributed by atoms with E-state index in [9.17, 15) is 23.5 Å². The molecule has 2 aromatic rings. The number of thiophene rings is 1. The molecule has 2 fully saturated rings. The van der Waals surface area contributed by atoms with Gasteiger partial charge in [-0.25, -0.2) is 0 Å². The monoisotopic (exact) mass is 480 g/mol. The molecule has 10 heteroatoms. The van der Waals surface area contributed by atoms with Crippen LogP contribution in [-0.4, -0.2) is 45.6 Å². The molecule has 33 heavy (non-hydrogen) atoms. The van der Waals surface area contributed by atoms with E-state index in [4.69, 9.17) is 4.74 Å². The lowest BCUT2D eigenvalue weighted by molar-refractivity contribution is -0.134. The van der Waals surface area contributed by atoms with E-state index in [2.05, 4.69) is 16.1 Å². The SMILES string of the molecule is N#CC1(CC(O)Cn2cc(CN3CCC4(CC3)OCCc3cc(C(F)(F)F)sc34)cn2)CC1. The van der Waals surface area contributed by atoms with Crippen molar-refractivity contribution in [2.24, 2.45) is 5.41 Å². The highest BCUT2D eigenvalue weighted by atomic mass is 32.1. The van der Waals surface area contributed by atoms with Gasteiger partial charge in [-0.1, -0.05) is 0 Å². The van der Waals surface area contributed by atoms with Gasteiger partial charge in [-0.3, -0.25) is 9.58 Å². The molecule has 2 aliphatic heterocycles. The Hall–Kier alpha value is -1.93. The minimum Gasteiger partial charge on any atom is -0.391 e. The molecule has 1 N–H and O–H groups in total. The molecule has 0 radical (unpaired) electrons. The first-order valence-electron chi connectivity index (χ1n) is 11.4.